The lowest BCUT2D eigenvalue weighted by Gasteiger charge is -2.14. The monoisotopic (exact) mass is 285 g/mol. The van der Waals surface area contributed by atoms with Gasteiger partial charge in [-0.2, -0.15) is 0 Å². The Hall–Kier alpha value is -1.78. The number of nitrogens with zero attached hydrogens (tertiary/aromatic N) is 2. The average Bonchev–Trinajstić information content (AvgIpc) is 2.55. The Morgan fingerprint density at radius 1 is 1.00 bits per heavy atom. The molecule has 0 fully saturated rings. The second kappa shape index (κ2) is 8.49. The van der Waals surface area contributed by atoms with Crippen molar-refractivity contribution >= 4 is 0 Å². The molecule has 0 aliphatic carbocycles. The van der Waals surface area contributed by atoms with Crippen LogP contribution in [0, 0.1) is 0 Å². The predicted octanol–water partition coefficient (Wildman–Crippen LogP) is 2.96. The van der Waals surface area contributed by atoms with Gasteiger partial charge in [-0.15, -0.1) is 0 Å². The van der Waals surface area contributed by atoms with Gasteiger partial charge in [-0.25, -0.2) is 9.97 Å². The molecule has 2 aromatic rings. The van der Waals surface area contributed by atoms with Crippen molar-refractivity contribution in [1.82, 2.24) is 15.3 Å². The van der Waals surface area contributed by atoms with Gasteiger partial charge in [0.1, 0.15) is 6.33 Å². The quantitative estimate of drug-likeness (QED) is 0.732. The molecule has 4 nitrogen and oxygen atoms in total. The molecule has 112 valence electrons. The number of hydrogen-bond acceptors (Lipinski definition) is 4. The summed E-state index contributed by atoms with van der Waals surface area (Å²) in [4.78, 5) is 8.08. The Morgan fingerprint density at radius 2 is 1.71 bits per heavy atom. The molecule has 0 aliphatic heterocycles. The maximum atomic E-state index is 8.74. The highest BCUT2D eigenvalue weighted by atomic mass is 16.2. The zero-order valence-corrected chi connectivity index (χ0v) is 12.5. The van der Waals surface area contributed by atoms with E-state index < -0.39 is 0 Å². The normalized spacial score (nSPS) is 12.3. The maximum Gasteiger partial charge on any atom is 0.115 e. The highest BCUT2D eigenvalue weighted by Gasteiger charge is 2.05. The van der Waals surface area contributed by atoms with E-state index in [0.717, 1.165) is 36.9 Å². The van der Waals surface area contributed by atoms with Gasteiger partial charge in [0.15, 0.2) is 0 Å². The number of unbranched alkanes of at least 4 members (excludes halogenated alkanes) is 2. The molecule has 21 heavy (non-hydrogen) atoms. The molecule has 0 aliphatic rings. The smallest absolute Gasteiger partial charge is 0.115 e. The van der Waals surface area contributed by atoms with E-state index in [4.69, 9.17) is 5.11 Å². The van der Waals surface area contributed by atoms with Gasteiger partial charge in [0, 0.05) is 30.6 Å². The van der Waals surface area contributed by atoms with Crippen molar-refractivity contribution in [2.75, 3.05) is 13.2 Å². The summed E-state index contributed by atoms with van der Waals surface area (Å²) in [5.74, 6) is 0. The lowest BCUT2D eigenvalue weighted by molar-refractivity contribution is 0.282. The van der Waals surface area contributed by atoms with Crippen LogP contribution in [0.2, 0.25) is 0 Å². The van der Waals surface area contributed by atoms with E-state index in [1.54, 1.807) is 6.33 Å². The lowest BCUT2D eigenvalue weighted by Crippen LogP contribution is -2.19. The summed E-state index contributed by atoms with van der Waals surface area (Å²) in [5, 5.41) is 12.3. The van der Waals surface area contributed by atoms with Crippen LogP contribution in [0.25, 0.3) is 11.1 Å². The first-order chi connectivity index (χ1) is 10.3. The molecular weight excluding hydrogens is 262 g/mol. The highest BCUT2D eigenvalue weighted by molar-refractivity contribution is 5.61. The predicted molar refractivity (Wildman–Crippen MR) is 84.8 cm³/mol. The van der Waals surface area contributed by atoms with E-state index in [1.165, 1.54) is 5.56 Å². The summed E-state index contributed by atoms with van der Waals surface area (Å²) in [5.41, 5.74) is 3.45. The molecular formula is C17H23N3O. The minimum Gasteiger partial charge on any atom is -0.396 e. The number of nitrogens with one attached hydrogen (secondary N) is 1. The summed E-state index contributed by atoms with van der Waals surface area (Å²) in [6.45, 7) is 3.45. The molecule has 0 spiro atoms. The van der Waals surface area contributed by atoms with Crippen LogP contribution in [0.4, 0.5) is 0 Å². The molecule has 1 heterocycles. The first-order valence-electron chi connectivity index (χ1n) is 7.51. The van der Waals surface area contributed by atoms with Crippen molar-refractivity contribution in [3.8, 4) is 11.1 Å². The van der Waals surface area contributed by atoms with Crippen LogP contribution in [0.1, 0.15) is 37.8 Å². The van der Waals surface area contributed by atoms with Gasteiger partial charge in [0.2, 0.25) is 0 Å². The maximum absolute atomic E-state index is 8.74. The first kappa shape index (κ1) is 15.6. The highest BCUT2D eigenvalue weighted by Crippen LogP contribution is 2.20. The number of aliphatic hydroxyl groups excluding tert-OH is 1. The van der Waals surface area contributed by atoms with Crippen LogP contribution >= 0.6 is 0 Å². The van der Waals surface area contributed by atoms with Crippen LogP contribution < -0.4 is 5.32 Å². The Balaban J connectivity index is 1.87. The van der Waals surface area contributed by atoms with E-state index >= 15 is 0 Å². The fourth-order valence-corrected chi connectivity index (χ4v) is 2.26. The Labute approximate surface area is 126 Å². The summed E-state index contributed by atoms with van der Waals surface area (Å²) >= 11 is 0. The van der Waals surface area contributed by atoms with Crippen LogP contribution in [0.5, 0.6) is 0 Å². The third-order valence-electron chi connectivity index (χ3n) is 3.59. The largest absolute Gasteiger partial charge is 0.396 e. The molecule has 1 atom stereocenters. The van der Waals surface area contributed by atoms with Crippen molar-refractivity contribution in [1.29, 1.82) is 0 Å². The number of benzene rings is 1. The molecule has 2 N–H and O–H groups in total. The summed E-state index contributed by atoms with van der Waals surface area (Å²) < 4.78 is 0. The first-order valence-corrected chi connectivity index (χ1v) is 7.51. The topological polar surface area (TPSA) is 58.0 Å². The molecule has 1 unspecified atom stereocenters. The molecule has 1 aromatic carbocycles. The van der Waals surface area contributed by atoms with Crippen molar-refractivity contribution in [3.05, 3.63) is 48.5 Å². The van der Waals surface area contributed by atoms with E-state index in [9.17, 15) is 0 Å². The van der Waals surface area contributed by atoms with Gasteiger partial charge in [-0.05, 0) is 43.9 Å². The SMILES string of the molecule is CC(NCCCCCO)c1ccc(-c2cncnc2)cc1. The molecule has 0 amide bonds. The zero-order chi connectivity index (χ0) is 14.9. The molecule has 4 heteroatoms. The summed E-state index contributed by atoms with van der Waals surface area (Å²) in [7, 11) is 0. The fourth-order valence-electron chi connectivity index (χ4n) is 2.26. The van der Waals surface area contributed by atoms with E-state index in [-0.39, 0.29) is 0 Å². The Kier molecular flexibility index (Phi) is 6.31. The van der Waals surface area contributed by atoms with Gasteiger partial charge in [0.25, 0.3) is 0 Å². The number of rotatable bonds is 8. The number of aromatic nitrogens is 2. The van der Waals surface area contributed by atoms with Crippen molar-refractivity contribution in [3.63, 3.8) is 0 Å². The fraction of sp³-hybridized carbons (Fsp3) is 0.412. The van der Waals surface area contributed by atoms with Gasteiger partial charge < -0.3 is 10.4 Å². The lowest BCUT2D eigenvalue weighted by atomic mass is 10.0. The van der Waals surface area contributed by atoms with Crippen LogP contribution in [0.15, 0.2) is 43.0 Å². The number of aliphatic hydroxyl groups is 1. The van der Waals surface area contributed by atoms with Crippen LogP contribution in [-0.4, -0.2) is 28.2 Å². The molecule has 0 saturated carbocycles. The van der Waals surface area contributed by atoms with Gasteiger partial charge in [-0.3, -0.25) is 0 Å². The third-order valence-corrected chi connectivity index (χ3v) is 3.59. The Morgan fingerprint density at radius 3 is 2.38 bits per heavy atom. The van der Waals surface area contributed by atoms with Gasteiger partial charge in [0.05, 0.1) is 0 Å². The molecule has 1 aromatic heterocycles. The van der Waals surface area contributed by atoms with Gasteiger partial charge in [-0.1, -0.05) is 24.3 Å². The molecule has 0 saturated heterocycles. The zero-order valence-electron chi connectivity index (χ0n) is 12.5. The van der Waals surface area contributed by atoms with Crippen molar-refractivity contribution < 1.29 is 5.11 Å². The standard InChI is InChI=1S/C17H23N3O/c1-14(20-9-3-2-4-10-21)15-5-7-16(8-6-15)17-11-18-13-19-12-17/h5-8,11-14,20-21H,2-4,9-10H2,1H3. The molecule has 2 rings (SSSR count). The van der Waals surface area contributed by atoms with E-state index in [1.807, 2.05) is 12.4 Å². The minimum atomic E-state index is 0.292. The summed E-state index contributed by atoms with van der Waals surface area (Å²) in [6, 6.07) is 8.84. The Bertz CT molecular complexity index is 513. The van der Waals surface area contributed by atoms with Crippen LogP contribution in [-0.2, 0) is 0 Å². The summed E-state index contributed by atoms with van der Waals surface area (Å²) in [6.07, 6.45) is 8.26. The number of hydrogen-bond donors (Lipinski definition) is 2. The second-order valence-corrected chi connectivity index (χ2v) is 5.21. The average molecular weight is 285 g/mol. The van der Waals surface area contributed by atoms with Crippen LogP contribution in [0.3, 0.4) is 0 Å². The molecule has 0 bridgehead atoms. The van der Waals surface area contributed by atoms with Crippen molar-refractivity contribution in [2.45, 2.75) is 32.2 Å². The van der Waals surface area contributed by atoms with Gasteiger partial charge >= 0.3 is 0 Å². The minimum absolute atomic E-state index is 0.292. The van der Waals surface area contributed by atoms with Crippen molar-refractivity contribution in [2.24, 2.45) is 0 Å². The van der Waals surface area contributed by atoms with E-state index in [2.05, 4.69) is 46.5 Å². The van der Waals surface area contributed by atoms with E-state index in [0.29, 0.717) is 12.6 Å². The molecule has 0 radical (unpaired) electrons. The second-order valence-electron chi connectivity index (χ2n) is 5.21. The third kappa shape index (κ3) is 4.92.